The van der Waals surface area contributed by atoms with E-state index >= 15 is 0 Å². The number of aliphatic hydroxyl groups excluding tert-OH is 1. The van der Waals surface area contributed by atoms with Crippen molar-refractivity contribution in [2.45, 2.75) is 37.4 Å². The van der Waals surface area contributed by atoms with Crippen LogP contribution in [-0.2, 0) is 4.74 Å². The summed E-state index contributed by atoms with van der Waals surface area (Å²) in [5, 5.41) is 10.5. The third-order valence-corrected chi connectivity index (χ3v) is 5.22. The van der Waals surface area contributed by atoms with E-state index < -0.39 is 6.10 Å². The Bertz CT molecular complexity index is 404. The molecule has 0 aromatic carbocycles. The number of rotatable bonds is 2. The van der Waals surface area contributed by atoms with Gasteiger partial charge in [-0.15, -0.1) is 0 Å². The Morgan fingerprint density at radius 1 is 1.32 bits per heavy atom. The van der Waals surface area contributed by atoms with Crippen molar-refractivity contribution in [1.29, 1.82) is 0 Å². The monoisotopic (exact) mass is 280 g/mol. The lowest BCUT2D eigenvalue weighted by Gasteiger charge is -2.44. The second-order valence-electron chi connectivity index (χ2n) is 5.45. The van der Waals surface area contributed by atoms with Crippen LogP contribution in [0.1, 0.15) is 37.6 Å². The van der Waals surface area contributed by atoms with Crippen LogP contribution in [0.4, 0.5) is 0 Å². The lowest BCUT2D eigenvalue weighted by atomic mass is 9.79. The van der Waals surface area contributed by atoms with Gasteiger partial charge in [0.2, 0.25) is 0 Å². The molecule has 104 valence electrons. The molecule has 2 fully saturated rings. The quantitative estimate of drug-likeness (QED) is 0.900. The minimum absolute atomic E-state index is 0.00390. The lowest BCUT2D eigenvalue weighted by molar-refractivity contribution is -0.122. The number of thioether (sulfide) groups is 1. The van der Waals surface area contributed by atoms with Crippen LogP contribution in [0.2, 0.25) is 0 Å². The van der Waals surface area contributed by atoms with Crippen LogP contribution in [0.15, 0.2) is 18.5 Å². The fourth-order valence-corrected chi connectivity index (χ4v) is 4.34. The smallest absolute Gasteiger partial charge is 0.157 e. The third kappa shape index (κ3) is 2.93. The molecule has 2 unspecified atom stereocenters. The van der Waals surface area contributed by atoms with Gasteiger partial charge in [-0.1, -0.05) is 0 Å². The molecule has 3 heterocycles. The molecular weight excluding hydrogens is 260 g/mol. The van der Waals surface area contributed by atoms with Gasteiger partial charge in [-0.05, 0) is 49.2 Å². The molecule has 2 saturated heterocycles. The first-order valence-electron chi connectivity index (χ1n) is 6.96. The van der Waals surface area contributed by atoms with Gasteiger partial charge in [0.05, 0.1) is 5.60 Å². The van der Waals surface area contributed by atoms with Gasteiger partial charge in [-0.2, -0.15) is 11.8 Å². The van der Waals surface area contributed by atoms with Gasteiger partial charge in [-0.3, -0.25) is 0 Å². The zero-order valence-electron chi connectivity index (χ0n) is 11.0. The maximum Gasteiger partial charge on any atom is 0.157 e. The summed E-state index contributed by atoms with van der Waals surface area (Å²) in [5.74, 6) is 3.11. The Morgan fingerprint density at radius 3 is 2.79 bits per heavy atom. The molecule has 0 bridgehead atoms. The maximum atomic E-state index is 10.5. The highest BCUT2D eigenvalue weighted by Gasteiger charge is 2.41. The van der Waals surface area contributed by atoms with Crippen molar-refractivity contribution >= 4 is 11.8 Å². The highest BCUT2D eigenvalue weighted by molar-refractivity contribution is 7.99. The summed E-state index contributed by atoms with van der Waals surface area (Å²) in [4.78, 5) is 8.36. The van der Waals surface area contributed by atoms with E-state index in [2.05, 4.69) is 9.97 Å². The molecular formula is C14H20N2O2S. The van der Waals surface area contributed by atoms with E-state index in [9.17, 15) is 5.11 Å². The van der Waals surface area contributed by atoms with Crippen molar-refractivity contribution in [3.05, 3.63) is 24.3 Å². The summed E-state index contributed by atoms with van der Waals surface area (Å²) in [7, 11) is 0. The van der Waals surface area contributed by atoms with Crippen molar-refractivity contribution in [2.75, 3.05) is 18.1 Å². The van der Waals surface area contributed by atoms with Crippen LogP contribution < -0.4 is 0 Å². The van der Waals surface area contributed by atoms with E-state index in [0.29, 0.717) is 5.82 Å². The van der Waals surface area contributed by atoms with Gasteiger partial charge in [0, 0.05) is 19.0 Å². The number of nitrogens with zero attached hydrogens (tertiary/aromatic N) is 2. The Hall–Kier alpha value is -0.650. The van der Waals surface area contributed by atoms with Crippen LogP contribution in [0.5, 0.6) is 0 Å². The van der Waals surface area contributed by atoms with E-state index in [1.807, 2.05) is 11.8 Å². The molecule has 1 aromatic rings. The fraction of sp³-hybridized carbons (Fsp3) is 0.714. The molecule has 2 aliphatic rings. The summed E-state index contributed by atoms with van der Waals surface area (Å²) in [6.45, 7) is 0.749. The molecule has 0 amide bonds. The zero-order chi connectivity index (χ0) is 13.1. The highest BCUT2D eigenvalue weighted by atomic mass is 32.2. The average Bonchev–Trinajstić information content (AvgIpc) is 2.48. The molecule has 1 N–H and O–H groups in total. The number of aliphatic hydroxyl groups is 1. The largest absolute Gasteiger partial charge is 0.385 e. The molecule has 2 aliphatic heterocycles. The SMILES string of the molecule is OC(c1ncccn1)C1CCOC2(CCSCC2)C1. The molecule has 4 nitrogen and oxygen atoms in total. The Kier molecular flexibility index (Phi) is 4.05. The molecule has 0 aliphatic carbocycles. The molecule has 2 atom stereocenters. The van der Waals surface area contributed by atoms with Crippen molar-refractivity contribution < 1.29 is 9.84 Å². The Labute approximate surface area is 118 Å². The topological polar surface area (TPSA) is 55.2 Å². The van der Waals surface area contributed by atoms with E-state index in [-0.39, 0.29) is 11.5 Å². The standard InChI is InChI=1S/C14H20N2O2S/c17-12(13-15-5-1-6-16-13)11-2-7-18-14(10-11)3-8-19-9-4-14/h1,5-6,11-12,17H,2-4,7-10H2. The van der Waals surface area contributed by atoms with Gasteiger partial charge in [0.15, 0.2) is 5.82 Å². The molecule has 5 heteroatoms. The van der Waals surface area contributed by atoms with Gasteiger partial charge in [-0.25, -0.2) is 9.97 Å². The zero-order valence-corrected chi connectivity index (χ0v) is 11.8. The predicted octanol–water partition coefficient (Wildman–Crippen LogP) is 2.20. The summed E-state index contributed by atoms with van der Waals surface area (Å²) < 4.78 is 6.06. The number of hydrogen-bond acceptors (Lipinski definition) is 5. The number of hydrogen-bond donors (Lipinski definition) is 1. The van der Waals surface area contributed by atoms with Gasteiger partial charge < -0.3 is 9.84 Å². The summed E-state index contributed by atoms with van der Waals surface area (Å²) in [5.41, 5.74) is 0.00390. The number of ether oxygens (including phenoxy) is 1. The van der Waals surface area contributed by atoms with Gasteiger partial charge in [0.1, 0.15) is 6.10 Å². The highest BCUT2D eigenvalue weighted by Crippen LogP contribution is 2.42. The first kappa shape index (κ1) is 13.3. The first-order chi connectivity index (χ1) is 9.29. The fourth-order valence-electron chi connectivity index (χ4n) is 3.10. The van der Waals surface area contributed by atoms with E-state index in [1.165, 1.54) is 11.5 Å². The van der Waals surface area contributed by atoms with E-state index in [0.717, 1.165) is 32.3 Å². The summed E-state index contributed by atoms with van der Waals surface area (Å²) >= 11 is 2.00. The minimum Gasteiger partial charge on any atom is -0.385 e. The molecule has 19 heavy (non-hydrogen) atoms. The Balaban J connectivity index is 1.71. The van der Waals surface area contributed by atoms with Crippen LogP contribution >= 0.6 is 11.8 Å². The summed E-state index contributed by atoms with van der Waals surface area (Å²) in [6, 6.07) is 1.78. The summed E-state index contributed by atoms with van der Waals surface area (Å²) in [6.07, 6.45) is 6.88. The van der Waals surface area contributed by atoms with E-state index in [4.69, 9.17) is 4.74 Å². The van der Waals surface area contributed by atoms with Crippen molar-refractivity contribution in [1.82, 2.24) is 9.97 Å². The molecule has 1 spiro atoms. The molecule has 1 aromatic heterocycles. The van der Waals surface area contributed by atoms with E-state index in [1.54, 1.807) is 18.5 Å². The maximum absolute atomic E-state index is 10.5. The van der Waals surface area contributed by atoms with Crippen molar-refractivity contribution in [3.8, 4) is 0 Å². The second kappa shape index (κ2) is 5.77. The van der Waals surface area contributed by atoms with Crippen LogP contribution in [-0.4, -0.2) is 38.8 Å². The molecule has 0 radical (unpaired) electrons. The first-order valence-corrected chi connectivity index (χ1v) is 8.11. The molecule has 3 rings (SSSR count). The van der Waals surface area contributed by atoms with Crippen LogP contribution in [0.3, 0.4) is 0 Å². The van der Waals surface area contributed by atoms with Crippen molar-refractivity contribution in [2.24, 2.45) is 5.92 Å². The average molecular weight is 280 g/mol. The normalized spacial score (nSPS) is 28.2. The Morgan fingerprint density at radius 2 is 2.05 bits per heavy atom. The third-order valence-electron chi connectivity index (χ3n) is 4.23. The van der Waals surface area contributed by atoms with Gasteiger partial charge >= 0.3 is 0 Å². The number of aromatic nitrogens is 2. The predicted molar refractivity (Wildman–Crippen MR) is 75.0 cm³/mol. The van der Waals surface area contributed by atoms with Crippen LogP contribution in [0, 0.1) is 5.92 Å². The van der Waals surface area contributed by atoms with Crippen LogP contribution in [0.25, 0.3) is 0 Å². The molecule has 0 saturated carbocycles. The lowest BCUT2D eigenvalue weighted by Crippen LogP contribution is -2.44. The van der Waals surface area contributed by atoms with Gasteiger partial charge in [0.25, 0.3) is 0 Å². The second-order valence-corrected chi connectivity index (χ2v) is 6.67. The minimum atomic E-state index is -0.559. The van der Waals surface area contributed by atoms with Crippen molar-refractivity contribution in [3.63, 3.8) is 0 Å².